The summed E-state index contributed by atoms with van der Waals surface area (Å²) in [6, 6.07) is 0. The predicted octanol–water partition coefficient (Wildman–Crippen LogP) is 3.77. The normalized spacial score (nSPS) is 25.1. The summed E-state index contributed by atoms with van der Waals surface area (Å²) in [7, 11) is 0. The fourth-order valence-corrected chi connectivity index (χ4v) is 3.05. The molecule has 3 nitrogen and oxygen atoms in total. The molecule has 1 fully saturated rings. The first-order chi connectivity index (χ1) is 8.45. The molecule has 0 radical (unpaired) electrons. The highest BCUT2D eigenvalue weighted by atomic mass is 35.5. The molecule has 1 aromatic rings. The predicted molar refractivity (Wildman–Crippen MR) is 65.0 cm³/mol. The maximum atomic E-state index is 12.3. The Morgan fingerprint density at radius 3 is 2.78 bits per heavy atom. The zero-order valence-corrected chi connectivity index (χ0v) is 11.1. The number of halogens is 4. The average Bonchev–Trinajstić information content (AvgIpc) is 2.74. The second kappa shape index (κ2) is 5.61. The molecule has 102 valence electrons. The number of nitrogens with zero attached hydrogens (tertiary/aromatic N) is 2. The van der Waals surface area contributed by atoms with Crippen molar-refractivity contribution in [3.63, 3.8) is 0 Å². The van der Waals surface area contributed by atoms with Gasteiger partial charge in [0, 0.05) is 23.5 Å². The lowest BCUT2D eigenvalue weighted by Crippen LogP contribution is -2.22. The first-order valence-corrected chi connectivity index (χ1v) is 6.95. The van der Waals surface area contributed by atoms with Gasteiger partial charge in [-0.2, -0.15) is 22.5 Å². The van der Waals surface area contributed by atoms with Crippen molar-refractivity contribution in [1.29, 1.82) is 0 Å². The van der Waals surface area contributed by atoms with E-state index in [1.54, 1.807) is 0 Å². The van der Waals surface area contributed by atoms with Crippen molar-refractivity contribution in [3.05, 3.63) is 5.82 Å². The molecule has 2 atom stereocenters. The van der Waals surface area contributed by atoms with Crippen LogP contribution in [0.25, 0.3) is 0 Å². The quantitative estimate of drug-likeness (QED) is 0.864. The zero-order chi connectivity index (χ0) is 13.2. The maximum Gasteiger partial charge on any atom is 0.452 e. The van der Waals surface area contributed by atoms with Gasteiger partial charge in [0.2, 0.25) is 11.0 Å². The second-order valence-electron chi connectivity index (χ2n) is 4.43. The number of aromatic nitrogens is 2. The standard InChI is InChI=1S/C10H13ClF3N3S/c11-7-3-1-2-6(4-7)5-15-9-16-8(17-18-9)10(12,13)14/h6-7H,1-5H2,(H,15,16,17). The summed E-state index contributed by atoms with van der Waals surface area (Å²) in [5, 5.41) is 3.32. The van der Waals surface area contributed by atoms with Gasteiger partial charge >= 0.3 is 6.18 Å². The van der Waals surface area contributed by atoms with Crippen LogP contribution in [0.15, 0.2) is 0 Å². The van der Waals surface area contributed by atoms with E-state index in [0.29, 0.717) is 12.5 Å². The molecule has 8 heteroatoms. The smallest absolute Gasteiger partial charge is 0.360 e. The Bertz CT molecular complexity index is 396. The zero-order valence-electron chi connectivity index (χ0n) is 9.50. The third-order valence-corrected chi connectivity index (χ3v) is 4.01. The number of nitrogens with one attached hydrogen (secondary N) is 1. The SMILES string of the molecule is FC(F)(F)c1nsc(NCC2CCCC(Cl)C2)n1. The third-order valence-electron chi connectivity index (χ3n) is 2.94. The van der Waals surface area contributed by atoms with E-state index in [0.717, 1.165) is 37.2 Å². The van der Waals surface area contributed by atoms with Crippen LogP contribution in [0.2, 0.25) is 0 Å². The molecule has 0 aliphatic heterocycles. The summed E-state index contributed by atoms with van der Waals surface area (Å²) in [4.78, 5) is 3.42. The van der Waals surface area contributed by atoms with Gasteiger partial charge in [-0.15, -0.1) is 11.6 Å². The lowest BCUT2D eigenvalue weighted by molar-refractivity contribution is -0.144. The molecule has 0 saturated heterocycles. The molecular weight excluding hydrogens is 287 g/mol. The lowest BCUT2D eigenvalue weighted by atomic mass is 9.89. The van der Waals surface area contributed by atoms with Gasteiger partial charge in [-0.1, -0.05) is 6.42 Å². The molecule has 0 amide bonds. The molecule has 0 spiro atoms. The van der Waals surface area contributed by atoms with E-state index in [9.17, 15) is 13.2 Å². The molecule has 1 N–H and O–H groups in total. The Labute approximate surface area is 112 Å². The largest absolute Gasteiger partial charge is 0.452 e. The first-order valence-electron chi connectivity index (χ1n) is 5.74. The number of anilines is 1. The molecule has 1 aliphatic carbocycles. The van der Waals surface area contributed by atoms with Crippen molar-refractivity contribution in [3.8, 4) is 0 Å². The Balaban J connectivity index is 1.85. The number of hydrogen-bond acceptors (Lipinski definition) is 4. The van der Waals surface area contributed by atoms with Gasteiger partial charge in [0.05, 0.1) is 0 Å². The first kappa shape index (κ1) is 13.9. The van der Waals surface area contributed by atoms with E-state index in [-0.39, 0.29) is 10.5 Å². The van der Waals surface area contributed by atoms with Gasteiger partial charge in [-0.25, -0.2) is 0 Å². The minimum absolute atomic E-state index is 0.186. The van der Waals surface area contributed by atoms with Crippen molar-refractivity contribution < 1.29 is 13.2 Å². The van der Waals surface area contributed by atoms with Gasteiger partial charge in [0.1, 0.15) is 0 Å². The van der Waals surface area contributed by atoms with Gasteiger partial charge in [-0.05, 0) is 25.2 Å². The number of alkyl halides is 4. The summed E-state index contributed by atoms with van der Waals surface area (Å²) < 4.78 is 40.1. The van der Waals surface area contributed by atoms with Crippen molar-refractivity contribution >= 4 is 28.3 Å². The highest BCUT2D eigenvalue weighted by Gasteiger charge is 2.36. The van der Waals surface area contributed by atoms with Gasteiger partial charge in [-0.3, -0.25) is 0 Å². The molecule has 1 aliphatic rings. The van der Waals surface area contributed by atoms with E-state index in [4.69, 9.17) is 11.6 Å². The van der Waals surface area contributed by atoms with Crippen LogP contribution in [-0.2, 0) is 6.18 Å². The Morgan fingerprint density at radius 2 is 2.17 bits per heavy atom. The van der Waals surface area contributed by atoms with E-state index < -0.39 is 12.0 Å². The van der Waals surface area contributed by atoms with Crippen LogP contribution in [0, 0.1) is 5.92 Å². The van der Waals surface area contributed by atoms with Crippen LogP contribution in [0.3, 0.4) is 0 Å². The number of hydrogen-bond donors (Lipinski definition) is 1. The second-order valence-corrected chi connectivity index (χ2v) is 5.80. The molecule has 1 heterocycles. The monoisotopic (exact) mass is 299 g/mol. The minimum atomic E-state index is -4.47. The highest BCUT2D eigenvalue weighted by Crippen LogP contribution is 2.30. The Morgan fingerprint density at radius 1 is 1.39 bits per heavy atom. The highest BCUT2D eigenvalue weighted by molar-refractivity contribution is 7.09. The van der Waals surface area contributed by atoms with Crippen LogP contribution in [0.1, 0.15) is 31.5 Å². The fourth-order valence-electron chi connectivity index (χ4n) is 2.05. The van der Waals surface area contributed by atoms with Crippen LogP contribution in [0.5, 0.6) is 0 Å². The third kappa shape index (κ3) is 3.71. The van der Waals surface area contributed by atoms with E-state index in [2.05, 4.69) is 14.7 Å². The summed E-state index contributed by atoms with van der Waals surface area (Å²) in [6.07, 6.45) is -0.414. The van der Waals surface area contributed by atoms with Crippen LogP contribution in [0.4, 0.5) is 18.3 Å². The minimum Gasteiger partial charge on any atom is -0.360 e. The molecule has 1 saturated carbocycles. The molecule has 2 unspecified atom stereocenters. The fraction of sp³-hybridized carbons (Fsp3) is 0.800. The summed E-state index contributed by atoms with van der Waals surface area (Å²) >= 11 is 6.80. The van der Waals surface area contributed by atoms with E-state index in [1.807, 2.05) is 0 Å². The van der Waals surface area contributed by atoms with Gasteiger partial charge in [0.25, 0.3) is 0 Å². The summed E-state index contributed by atoms with van der Waals surface area (Å²) in [5.74, 6) is -0.673. The van der Waals surface area contributed by atoms with Crippen molar-refractivity contribution in [2.45, 2.75) is 37.2 Å². The van der Waals surface area contributed by atoms with E-state index >= 15 is 0 Å². The van der Waals surface area contributed by atoms with Gasteiger partial charge in [0.15, 0.2) is 0 Å². The Kier molecular flexibility index (Phi) is 4.32. The Hall–Kier alpha value is -0.560. The van der Waals surface area contributed by atoms with Crippen LogP contribution >= 0.6 is 23.1 Å². The molecular formula is C10H13ClF3N3S. The molecule has 1 aromatic heterocycles. The number of rotatable bonds is 3. The average molecular weight is 300 g/mol. The lowest BCUT2D eigenvalue weighted by Gasteiger charge is -2.25. The van der Waals surface area contributed by atoms with Crippen molar-refractivity contribution in [2.24, 2.45) is 5.92 Å². The molecule has 2 rings (SSSR count). The summed E-state index contributed by atoms with van der Waals surface area (Å²) in [5.41, 5.74) is 0. The summed E-state index contributed by atoms with van der Waals surface area (Å²) in [6.45, 7) is 0.607. The molecule has 18 heavy (non-hydrogen) atoms. The topological polar surface area (TPSA) is 37.8 Å². The molecule has 0 aromatic carbocycles. The van der Waals surface area contributed by atoms with Crippen LogP contribution < -0.4 is 5.32 Å². The molecule has 0 bridgehead atoms. The van der Waals surface area contributed by atoms with Gasteiger partial charge < -0.3 is 5.32 Å². The van der Waals surface area contributed by atoms with Crippen LogP contribution in [-0.4, -0.2) is 21.3 Å². The van der Waals surface area contributed by atoms with Crippen molar-refractivity contribution in [1.82, 2.24) is 9.36 Å². The van der Waals surface area contributed by atoms with E-state index in [1.165, 1.54) is 0 Å². The van der Waals surface area contributed by atoms with Crippen molar-refractivity contribution in [2.75, 3.05) is 11.9 Å². The maximum absolute atomic E-state index is 12.3.